The number of ketones is 1. The second-order valence-electron chi connectivity index (χ2n) is 6.54. The molecule has 5 nitrogen and oxygen atoms in total. The van der Waals surface area contributed by atoms with E-state index in [2.05, 4.69) is 0 Å². The largest absolute Gasteiger partial charge is 0.778 e. The third-order valence-electron chi connectivity index (χ3n) is 2.62. The summed E-state index contributed by atoms with van der Waals surface area (Å²) in [6.45, 7) is 10.8. The smallest absolute Gasteiger partial charge is 0.140 e. The summed E-state index contributed by atoms with van der Waals surface area (Å²) in [5, 5.41) is -0.908. The molecule has 0 aromatic carbocycles. The summed E-state index contributed by atoms with van der Waals surface area (Å²) < 4.78 is 21.7. The van der Waals surface area contributed by atoms with E-state index in [1.54, 1.807) is 20.8 Å². The van der Waals surface area contributed by atoms with Crippen LogP contribution < -0.4 is 4.89 Å². The van der Waals surface area contributed by atoms with E-state index in [0.29, 0.717) is 6.42 Å². The normalized spacial score (nSPS) is 16.2. The van der Waals surface area contributed by atoms with Gasteiger partial charge in [0.1, 0.15) is 13.4 Å². The van der Waals surface area contributed by atoms with Crippen molar-refractivity contribution < 1.29 is 23.5 Å². The molecule has 1 atom stereocenters. The van der Waals surface area contributed by atoms with Gasteiger partial charge in [-0.25, -0.2) is 0 Å². The summed E-state index contributed by atoms with van der Waals surface area (Å²) in [6, 6.07) is 0. The molecule has 0 aliphatic heterocycles. The van der Waals surface area contributed by atoms with Crippen LogP contribution in [-0.4, -0.2) is 30.8 Å². The van der Waals surface area contributed by atoms with E-state index in [4.69, 9.17) is 9.26 Å². The maximum absolute atomic E-state index is 11.6. The SMILES string of the molecule is CC(C)(C)C(=O)CCOCCOP(=O)([O-])C(C)(C)C. The summed E-state index contributed by atoms with van der Waals surface area (Å²) in [5.74, 6) is 0.123. The summed E-state index contributed by atoms with van der Waals surface area (Å²) in [7, 11) is -3.87. The van der Waals surface area contributed by atoms with Crippen LogP contribution in [0.1, 0.15) is 48.0 Å². The van der Waals surface area contributed by atoms with E-state index in [-0.39, 0.29) is 31.0 Å². The highest BCUT2D eigenvalue weighted by atomic mass is 31.2. The highest BCUT2D eigenvalue weighted by molar-refractivity contribution is 7.53. The van der Waals surface area contributed by atoms with Gasteiger partial charge in [0.25, 0.3) is 0 Å². The van der Waals surface area contributed by atoms with Gasteiger partial charge in [0, 0.05) is 17.0 Å². The highest BCUT2D eigenvalue weighted by Crippen LogP contribution is 2.50. The van der Waals surface area contributed by atoms with Gasteiger partial charge in [-0.15, -0.1) is 0 Å². The highest BCUT2D eigenvalue weighted by Gasteiger charge is 2.26. The molecule has 114 valence electrons. The van der Waals surface area contributed by atoms with Crippen molar-refractivity contribution in [1.29, 1.82) is 0 Å². The minimum Gasteiger partial charge on any atom is -0.778 e. The van der Waals surface area contributed by atoms with E-state index in [9.17, 15) is 14.3 Å². The van der Waals surface area contributed by atoms with E-state index in [1.165, 1.54) is 0 Å². The predicted molar refractivity (Wildman–Crippen MR) is 73.2 cm³/mol. The number of hydrogen-bond acceptors (Lipinski definition) is 5. The Hall–Kier alpha value is -0.220. The zero-order chi connectivity index (χ0) is 15.3. The molecule has 0 bridgehead atoms. The molecule has 0 saturated heterocycles. The van der Waals surface area contributed by atoms with Crippen molar-refractivity contribution in [2.75, 3.05) is 19.8 Å². The molecule has 0 amide bonds. The maximum Gasteiger partial charge on any atom is 0.140 e. The molecule has 0 spiro atoms. The Morgan fingerprint density at radius 3 is 2.00 bits per heavy atom. The Labute approximate surface area is 116 Å². The molecule has 0 saturated carbocycles. The third kappa shape index (κ3) is 7.21. The van der Waals surface area contributed by atoms with Crippen molar-refractivity contribution in [3.63, 3.8) is 0 Å². The quantitative estimate of drug-likeness (QED) is 0.532. The molecule has 0 radical (unpaired) electrons. The third-order valence-corrected chi connectivity index (χ3v) is 4.79. The van der Waals surface area contributed by atoms with Crippen LogP contribution in [0.5, 0.6) is 0 Å². The van der Waals surface area contributed by atoms with Gasteiger partial charge in [0.15, 0.2) is 0 Å². The number of ether oxygens (including phenoxy) is 1. The molecule has 0 heterocycles. The van der Waals surface area contributed by atoms with Gasteiger partial charge in [-0.1, -0.05) is 41.5 Å². The molecule has 0 aromatic heterocycles. The number of carbonyl (C=O) groups excluding carboxylic acids is 1. The van der Waals surface area contributed by atoms with Crippen LogP contribution in [0.3, 0.4) is 0 Å². The molecule has 0 aliphatic carbocycles. The van der Waals surface area contributed by atoms with Crippen LogP contribution in [0.25, 0.3) is 0 Å². The summed E-state index contributed by atoms with van der Waals surface area (Å²) in [6.07, 6.45) is 0.331. The van der Waals surface area contributed by atoms with Gasteiger partial charge in [-0.3, -0.25) is 4.79 Å². The van der Waals surface area contributed by atoms with Crippen molar-refractivity contribution in [3.05, 3.63) is 0 Å². The number of rotatable bonds is 7. The molecule has 0 fully saturated rings. The standard InChI is InChI=1S/C13H27O5P/c1-12(2,3)11(14)7-8-17-9-10-18-19(15,16)13(4,5)6/h7-10H2,1-6H3,(H,15,16)/p-1. The fraction of sp³-hybridized carbons (Fsp3) is 0.923. The predicted octanol–water partition coefficient (Wildman–Crippen LogP) is 2.38. The Balaban J connectivity index is 3.79. The van der Waals surface area contributed by atoms with Crippen LogP contribution >= 0.6 is 7.60 Å². The zero-order valence-electron chi connectivity index (χ0n) is 12.8. The van der Waals surface area contributed by atoms with Gasteiger partial charge >= 0.3 is 0 Å². The second kappa shape index (κ2) is 6.98. The van der Waals surface area contributed by atoms with Crippen molar-refractivity contribution in [2.45, 2.75) is 53.1 Å². The Kier molecular flexibility index (Phi) is 6.90. The Morgan fingerprint density at radius 2 is 1.58 bits per heavy atom. The van der Waals surface area contributed by atoms with Crippen LogP contribution in [-0.2, 0) is 18.6 Å². The molecule has 0 aromatic rings. The molecule has 0 N–H and O–H groups in total. The first kappa shape index (κ1) is 18.8. The maximum atomic E-state index is 11.6. The lowest BCUT2D eigenvalue weighted by Crippen LogP contribution is -2.26. The monoisotopic (exact) mass is 293 g/mol. The van der Waals surface area contributed by atoms with Crippen LogP contribution in [0.15, 0.2) is 0 Å². The Morgan fingerprint density at radius 1 is 1.05 bits per heavy atom. The molecule has 1 unspecified atom stereocenters. The van der Waals surface area contributed by atoms with Crippen LogP contribution in [0.2, 0.25) is 0 Å². The average Bonchev–Trinajstić information content (AvgIpc) is 2.19. The lowest BCUT2D eigenvalue weighted by molar-refractivity contribution is -0.205. The molecule has 0 aliphatic rings. The van der Waals surface area contributed by atoms with E-state index in [1.807, 2.05) is 20.8 Å². The van der Waals surface area contributed by atoms with Crippen LogP contribution in [0.4, 0.5) is 0 Å². The molecular weight excluding hydrogens is 267 g/mol. The van der Waals surface area contributed by atoms with E-state index >= 15 is 0 Å². The fourth-order valence-electron chi connectivity index (χ4n) is 1.05. The van der Waals surface area contributed by atoms with Crippen LogP contribution in [0, 0.1) is 5.41 Å². The first-order chi connectivity index (χ1) is 8.38. The minimum absolute atomic E-state index is 0.0121. The van der Waals surface area contributed by atoms with Gasteiger partial charge in [0.05, 0.1) is 19.8 Å². The number of hydrogen-bond donors (Lipinski definition) is 0. The number of Topliss-reactive ketones (excluding diaryl/α,β-unsaturated/α-hetero) is 1. The molecule has 6 heteroatoms. The first-order valence-electron chi connectivity index (χ1n) is 6.45. The van der Waals surface area contributed by atoms with Gasteiger partial charge in [0.2, 0.25) is 0 Å². The average molecular weight is 293 g/mol. The lowest BCUT2D eigenvalue weighted by atomic mass is 9.89. The molecular formula is C13H26O5P-. The fourth-order valence-corrected chi connectivity index (χ4v) is 1.75. The first-order valence-corrected chi connectivity index (χ1v) is 7.99. The van der Waals surface area contributed by atoms with Crippen molar-refractivity contribution in [2.24, 2.45) is 5.41 Å². The van der Waals surface area contributed by atoms with E-state index < -0.39 is 12.8 Å². The van der Waals surface area contributed by atoms with Crippen molar-refractivity contribution in [3.8, 4) is 0 Å². The summed E-state index contributed by atoms with van der Waals surface area (Å²) in [4.78, 5) is 23.2. The van der Waals surface area contributed by atoms with Gasteiger partial charge in [-0.2, -0.15) is 0 Å². The topological polar surface area (TPSA) is 75.7 Å². The lowest BCUT2D eigenvalue weighted by Gasteiger charge is -2.35. The summed E-state index contributed by atoms with van der Waals surface area (Å²) >= 11 is 0. The summed E-state index contributed by atoms with van der Waals surface area (Å²) in [5.41, 5.74) is -0.364. The second-order valence-corrected chi connectivity index (χ2v) is 9.13. The zero-order valence-corrected chi connectivity index (χ0v) is 13.7. The van der Waals surface area contributed by atoms with Gasteiger partial charge < -0.3 is 18.7 Å². The Bertz CT molecular complexity index is 338. The molecule has 0 rings (SSSR count). The van der Waals surface area contributed by atoms with E-state index in [0.717, 1.165) is 0 Å². The molecule has 19 heavy (non-hydrogen) atoms. The number of carbonyl (C=O) groups is 1. The van der Waals surface area contributed by atoms with Gasteiger partial charge in [-0.05, 0) is 0 Å². The van der Waals surface area contributed by atoms with Crippen molar-refractivity contribution in [1.82, 2.24) is 0 Å². The minimum atomic E-state index is -3.87. The van der Waals surface area contributed by atoms with Crippen molar-refractivity contribution >= 4 is 13.4 Å².